The molecule has 150 valence electrons. The molecule has 1 aromatic rings. The highest BCUT2D eigenvalue weighted by Crippen LogP contribution is 2.26. The first-order chi connectivity index (χ1) is 13.2. The van der Waals surface area contributed by atoms with E-state index in [0.29, 0.717) is 12.6 Å². The number of piperidine rings is 1. The van der Waals surface area contributed by atoms with E-state index in [2.05, 4.69) is 34.4 Å². The molecule has 1 heterocycles. The lowest BCUT2D eigenvalue weighted by atomic mass is 10.0. The first kappa shape index (κ1) is 20.2. The summed E-state index contributed by atoms with van der Waals surface area (Å²) in [5.41, 5.74) is 2.12. The minimum absolute atomic E-state index is 0.374. The number of aryl methyl sites for hydroxylation is 1. The van der Waals surface area contributed by atoms with Gasteiger partial charge in [-0.25, -0.2) is 0 Å². The molecule has 0 bridgehead atoms. The number of likely N-dealkylation sites (tertiary alicyclic amines) is 1. The number of benzene rings is 1. The summed E-state index contributed by atoms with van der Waals surface area (Å²) >= 11 is 0. The zero-order chi connectivity index (χ0) is 19.1. The fourth-order valence-corrected chi connectivity index (χ4v) is 4.26. The maximum absolute atomic E-state index is 10.4. The van der Waals surface area contributed by atoms with Gasteiger partial charge in [-0.1, -0.05) is 42.7 Å². The van der Waals surface area contributed by atoms with Crippen LogP contribution in [0.4, 0.5) is 0 Å². The van der Waals surface area contributed by atoms with Gasteiger partial charge in [-0.2, -0.15) is 0 Å². The van der Waals surface area contributed by atoms with Crippen molar-refractivity contribution in [3.63, 3.8) is 0 Å². The third-order valence-corrected chi connectivity index (χ3v) is 5.94. The molecule has 0 aromatic heterocycles. The summed E-state index contributed by atoms with van der Waals surface area (Å²) in [6.07, 6.45) is 7.36. The van der Waals surface area contributed by atoms with Crippen molar-refractivity contribution in [3.8, 4) is 0 Å². The van der Waals surface area contributed by atoms with Crippen LogP contribution >= 0.6 is 0 Å². The number of nitrogens with one attached hydrogen (secondary N) is 2. The Balaban J connectivity index is 1.49. The quantitative estimate of drug-likeness (QED) is 0.531. The monoisotopic (exact) mass is 372 g/mol. The minimum atomic E-state index is -0.565. The molecule has 3 rings (SSSR count). The van der Waals surface area contributed by atoms with Gasteiger partial charge in [0.25, 0.3) is 0 Å². The Morgan fingerprint density at radius 2 is 1.81 bits per heavy atom. The number of nitrogens with zero attached hydrogens (tertiary/aromatic N) is 2. The van der Waals surface area contributed by atoms with E-state index in [1.165, 1.54) is 57.2 Å². The number of aliphatic hydroxyl groups excluding tert-OH is 1. The fourth-order valence-electron chi connectivity index (χ4n) is 4.26. The molecule has 1 aliphatic carbocycles. The lowest BCUT2D eigenvalue weighted by molar-refractivity contribution is 0.150. The highest BCUT2D eigenvalue weighted by molar-refractivity contribution is 5.80. The summed E-state index contributed by atoms with van der Waals surface area (Å²) in [6, 6.07) is 9.33. The van der Waals surface area contributed by atoms with Gasteiger partial charge in [0, 0.05) is 31.7 Å². The molecular formula is C22H36N4O. The molecule has 1 saturated carbocycles. The van der Waals surface area contributed by atoms with E-state index >= 15 is 0 Å². The Morgan fingerprint density at radius 1 is 1.15 bits per heavy atom. The van der Waals surface area contributed by atoms with Crippen LogP contribution in [0.15, 0.2) is 29.3 Å². The van der Waals surface area contributed by atoms with E-state index in [1.807, 2.05) is 24.3 Å². The van der Waals surface area contributed by atoms with Crippen LogP contribution in [0.1, 0.15) is 62.7 Å². The Bertz CT molecular complexity index is 587. The molecule has 1 aliphatic heterocycles. The summed E-state index contributed by atoms with van der Waals surface area (Å²) in [6.45, 7) is 7.71. The molecule has 1 saturated heterocycles. The molecular weight excluding hydrogens is 336 g/mol. The average Bonchev–Trinajstić information content (AvgIpc) is 3.22. The molecule has 0 amide bonds. The third kappa shape index (κ3) is 5.94. The van der Waals surface area contributed by atoms with E-state index in [-0.39, 0.29) is 0 Å². The second kappa shape index (κ2) is 10.1. The van der Waals surface area contributed by atoms with Gasteiger partial charge >= 0.3 is 0 Å². The normalized spacial score (nSPS) is 21.4. The average molecular weight is 373 g/mol. The topological polar surface area (TPSA) is 59.9 Å². The van der Waals surface area contributed by atoms with Gasteiger partial charge in [0.05, 0.1) is 12.6 Å². The number of aliphatic imine (C=N–C) groups is 1. The van der Waals surface area contributed by atoms with Gasteiger partial charge < -0.3 is 20.6 Å². The van der Waals surface area contributed by atoms with Crippen LogP contribution in [0.25, 0.3) is 0 Å². The van der Waals surface area contributed by atoms with Crippen molar-refractivity contribution in [2.75, 3.05) is 26.2 Å². The van der Waals surface area contributed by atoms with Gasteiger partial charge in [0.2, 0.25) is 0 Å². The highest BCUT2D eigenvalue weighted by Gasteiger charge is 2.27. The summed E-state index contributed by atoms with van der Waals surface area (Å²) in [5.74, 6) is 0.822. The van der Waals surface area contributed by atoms with Crippen LogP contribution < -0.4 is 10.6 Å². The van der Waals surface area contributed by atoms with Crippen LogP contribution in [-0.4, -0.2) is 54.2 Å². The lowest BCUT2D eigenvalue weighted by Crippen LogP contribution is -2.50. The van der Waals surface area contributed by atoms with E-state index < -0.39 is 6.10 Å². The molecule has 1 atom stereocenters. The predicted octanol–water partition coefficient (Wildman–Crippen LogP) is 2.99. The second-order valence-electron chi connectivity index (χ2n) is 8.04. The third-order valence-electron chi connectivity index (χ3n) is 5.94. The molecule has 0 radical (unpaired) electrons. The molecule has 5 heteroatoms. The summed E-state index contributed by atoms with van der Waals surface area (Å²) in [5, 5.41) is 17.3. The van der Waals surface area contributed by atoms with Crippen LogP contribution in [0.2, 0.25) is 0 Å². The predicted molar refractivity (Wildman–Crippen MR) is 112 cm³/mol. The van der Waals surface area contributed by atoms with Crippen molar-refractivity contribution >= 4 is 5.96 Å². The summed E-state index contributed by atoms with van der Waals surface area (Å²) < 4.78 is 0. The first-order valence-electron chi connectivity index (χ1n) is 10.7. The Morgan fingerprint density at radius 3 is 2.44 bits per heavy atom. The maximum Gasteiger partial charge on any atom is 0.191 e. The fraction of sp³-hybridized carbons (Fsp3) is 0.682. The van der Waals surface area contributed by atoms with Gasteiger partial charge in [-0.05, 0) is 45.1 Å². The molecule has 0 spiro atoms. The first-order valence-corrected chi connectivity index (χ1v) is 10.7. The van der Waals surface area contributed by atoms with Crippen molar-refractivity contribution in [1.29, 1.82) is 0 Å². The number of aliphatic hydroxyl groups is 1. The second-order valence-corrected chi connectivity index (χ2v) is 8.04. The minimum Gasteiger partial charge on any atom is -0.386 e. The van der Waals surface area contributed by atoms with Crippen LogP contribution in [0.5, 0.6) is 0 Å². The number of guanidine groups is 1. The lowest BCUT2D eigenvalue weighted by Gasteiger charge is -2.36. The van der Waals surface area contributed by atoms with E-state index in [9.17, 15) is 5.11 Å². The SMILES string of the molecule is CCNC(=NCC(O)c1ccc(C)cc1)NC1CCN(C2CCCC2)CC1. The van der Waals surface area contributed by atoms with Crippen molar-refractivity contribution in [2.24, 2.45) is 4.99 Å². The van der Waals surface area contributed by atoms with E-state index in [0.717, 1.165) is 24.1 Å². The highest BCUT2D eigenvalue weighted by atomic mass is 16.3. The molecule has 1 unspecified atom stereocenters. The van der Waals surface area contributed by atoms with Crippen LogP contribution in [-0.2, 0) is 0 Å². The Hall–Kier alpha value is -1.59. The van der Waals surface area contributed by atoms with Gasteiger partial charge in [0.1, 0.15) is 0 Å². The molecule has 2 fully saturated rings. The number of hydrogen-bond donors (Lipinski definition) is 3. The smallest absolute Gasteiger partial charge is 0.191 e. The Kier molecular flexibility index (Phi) is 7.53. The summed E-state index contributed by atoms with van der Waals surface area (Å²) in [7, 11) is 0. The Labute approximate surface area is 164 Å². The molecule has 3 N–H and O–H groups in total. The molecule has 1 aromatic carbocycles. The number of hydrogen-bond acceptors (Lipinski definition) is 3. The maximum atomic E-state index is 10.4. The van der Waals surface area contributed by atoms with Crippen molar-refractivity contribution in [1.82, 2.24) is 15.5 Å². The van der Waals surface area contributed by atoms with Crippen LogP contribution in [0, 0.1) is 6.92 Å². The molecule has 5 nitrogen and oxygen atoms in total. The van der Waals surface area contributed by atoms with Gasteiger partial charge in [-0.15, -0.1) is 0 Å². The van der Waals surface area contributed by atoms with E-state index in [1.54, 1.807) is 0 Å². The zero-order valence-electron chi connectivity index (χ0n) is 17.0. The van der Waals surface area contributed by atoms with E-state index in [4.69, 9.17) is 0 Å². The van der Waals surface area contributed by atoms with Crippen molar-refractivity contribution < 1.29 is 5.11 Å². The van der Waals surface area contributed by atoms with Crippen LogP contribution in [0.3, 0.4) is 0 Å². The van der Waals surface area contributed by atoms with Gasteiger partial charge in [0.15, 0.2) is 5.96 Å². The van der Waals surface area contributed by atoms with Crippen molar-refractivity contribution in [2.45, 2.75) is 70.6 Å². The molecule has 27 heavy (non-hydrogen) atoms. The van der Waals surface area contributed by atoms with Gasteiger partial charge in [-0.3, -0.25) is 4.99 Å². The standard InChI is InChI=1S/C22H36N4O/c1-3-23-22(24-16-21(27)18-10-8-17(2)9-11-18)25-19-12-14-26(15-13-19)20-6-4-5-7-20/h8-11,19-21,27H,3-7,12-16H2,1-2H3,(H2,23,24,25). The number of rotatable bonds is 6. The van der Waals surface area contributed by atoms with Crippen molar-refractivity contribution in [3.05, 3.63) is 35.4 Å². The zero-order valence-corrected chi connectivity index (χ0v) is 17.0. The molecule has 2 aliphatic rings. The summed E-state index contributed by atoms with van der Waals surface area (Å²) in [4.78, 5) is 7.32. The largest absolute Gasteiger partial charge is 0.386 e.